The molecular weight excluding hydrogens is 606 g/mol. The quantitative estimate of drug-likeness (QED) is 0.313. The number of piperidine rings is 1. The highest BCUT2D eigenvalue weighted by Gasteiger charge is 2.36. The van der Waals surface area contributed by atoms with Gasteiger partial charge in [0.2, 0.25) is 10.0 Å². The van der Waals surface area contributed by atoms with Crippen molar-refractivity contribution in [3.05, 3.63) is 64.3 Å². The van der Waals surface area contributed by atoms with Gasteiger partial charge in [0.05, 0.1) is 5.75 Å². The Morgan fingerprint density at radius 3 is 2.44 bits per heavy atom. The standard InChI is InChI=1S/C32H40ClN3O5S2/c1-5-6-19-40-32(37)36-18-15-27-28-22-24(33)9-12-29(28)34-30(27)31(36)23-7-10-25(11-8-23)41-26-13-16-35(17-14-26)43(38,39)21-20-42(2,3)4/h7-12,22,26,31,34H,13-21H2,1-4H3. The van der Waals surface area contributed by atoms with Crippen molar-refractivity contribution in [1.82, 2.24) is 14.2 Å². The highest BCUT2D eigenvalue weighted by molar-refractivity contribution is 8.32. The van der Waals surface area contributed by atoms with Crippen LogP contribution in [0.4, 0.5) is 4.79 Å². The van der Waals surface area contributed by atoms with Gasteiger partial charge in [-0.3, -0.25) is 4.90 Å². The smallest absolute Gasteiger partial charge is 0.411 e. The molecule has 2 aliphatic heterocycles. The number of H-pyrrole nitrogens is 1. The first kappa shape index (κ1) is 31.6. The fourth-order valence-electron chi connectivity index (χ4n) is 5.69. The number of aromatic nitrogens is 1. The maximum Gasteiger partial charge on any atom is 0.411 e. The first-order chi connectivity index (χ1) is 20.4. The van der Waals surface area contributed by atoms with E-state index in [0.29, 0.717) is 49.7 Å². The number of benzene rings is 2. The second-order valence-electron chi connectivity index (χ2n) is 11.9. The third-order valence-electron chi connectivity index (χ3n) is 8.01. The number of carbonyl (C=O) groups is 1. The Morgan fingerprint density at radius 2 is 1.77 bits per heavy atom. The predicted octanol–water partition coefficient (Wildman–Crippen LogP) is 5.80. The van der Waals surface area contributed by atoms with Gasteiger partial charge in [-0.2, -0.15) is 0 Å². The zero-order valence-electron chi connectivity index (χ0n) is 25.2. The topological polar surface area (TPSA) is 91.9 Å². The summed E-state index contributed by atoms with van der Waals surface area (Å²) in [7, 11) is -4.12. The van der Waals surface area contributed by atoms with E-state index in [9.17, 15) is 13.2 Å². The first-order valence-corrected chi connectivity index (χ1v) is 19.5. The molecule has 0 radical (unpaired) electrons. The number of carbonyl (C=O) groups excluding carboxylic acids is 1. The molecule has 0 saturated carbocycles. The molecule has 0 bridgehead atoms. The minimum absolute atomic E-state index is 0.0399. The van der Waals surface area contributed by atoms with E-state index in [1.807, 2.05) is 42.5 Å². The second-order valence-corrected chi connectivity index (χ2v) is 19.0. The predicted molar refractivity (Wildman–Crippen MR) is 176 cm³/mol. The number of hydrogen-bond donors (Lipinski definition) is 1. The number of hydrogen-bond acceptors (Lipinski definition) is 5. The Morgan fingerprint density at radius 1 is 1.05 bits per heavy atom. The van der Waals surface area contributed by atoms with Gasteiger partial charge in [0.1, 0.15) is 17.9 Å². The van der Waals surface area contributed by atoms with Crippen LogP contribution in [0.5, 0.6) is 5.75 Å². The summed E-state index contributed by atoms with van der Waals surface area (Å²) in [6.45, 7) is 3.19. The molecule has 1 fully saturated rings. The summed E-state index contributed by atoms with van der Waals surface area (Å²) in [6, 6.07) is 13.2. The highest BCUT2D eigenvalue weighted by Crippen LogP contribution is 2.40. The minimum Gasteiger partial charge on any atom is -0.490 e. The number of sulfonamides is 1. The van der Waals surface area contributed by atoms with Crippen LogP contribution in [-0.2, 0) is 21.2 Å². The first-order valence-electron chi connectivity index (χ1n) is 14.5. The summed E-state index contributed by atoms with van der Waals surface area (Å²) >= 11 is 6.32. The van der Waals surface area contributed by atoms with Gasteiger partial charge >= 0.3 is 6.09 Å². The van der Waals surface area contributed by atoms with Crippen LogP contribution < -0.4 is 4.74 Å². The lowest BCUT2D eigenvalue weighted by Crippen LogP contribution is -2.43. The summed E-state index contributed by atoms with van der Waals surface area (Å²) in [6.07, 6.45) is 7.92. The SMILES string of the molecule is CC#CCOC(=O)N1CCc2c([nH]c3ccc(Cl)cc23)C1c1ccc(OC2CCN(S(=O)(=O)CCS(C)(C)C)CC2)cc1. The van der Waals surface area contributed by atoms with Crippen LogP contribution >= 0.6 is 21.6 Å². The van der Waals surface area contributed by atoms with Crippen LogP contribution in [0.2, 0.25) is 5.02 Å². The second kappa shape index (κ2) is 13.0. The molecule has 0 aliphatic carbocycles. The average Bonchev–Trinajstić information content (AvgIpc) is 3.34. The van der Waals surface area contributed by atoms with Crippen LogP contribution in [0, 0.1) is 11.8 Å². The molecule has 5 rings (SSSR count). The molecule has 3 aromatic rings. The lowest BCUT2D eigenvalue weighted by atomic mass is 9.92. The molecule has 11 heteroatoms. The van der Waals surface area contributed by atoms with Crippen molar-refractivity contribution in [2.75, 3.05) is 56.5 Å². The van der Waals surface area contributed by atoms with E-state index < -0.39 is 26.1 Å². The largest absolute Gasteiger partial charge is 0.490 e. The van der Waals surface area contributed by atoms with E-state index >= 15 is 0 Å². The van der Waals surface area contributed by atoms with Gasteiger partial charge in [-0.05, 0) is 92.2 Å². The van der Waals surface area contributed by atoms with Crippen LogP contribution in [-0.4, -0.2) is 91.3 Å². The number of nitrogens with zero attached hydrogens (tertiary/aromatic N) is 2. The zero-order valence-corrected chi connectivity index (χ0v) is 27.6. The van der Waals surface area contributed by atoms with Crippen molar-refractivity contribution in [3.8, 4) is 17.6 Å². The summed E-state index contributed by atoms with van der Waals surface area (Å²) < 4.78 is 39.1. The summed E-state index contributed by atoms with van der Waals surface area (Å²) in [4.78, 5) is 18.5. The zero-order chi connectivity index (χ0) is 30.8. The van der Waals surface area contributed by atoms with Crippen LogP contribution in [0.3, 0.4) is 0 Å². The lowest BCUT2D eigenvalue weighted by molar-refractivity contribution is 0.0992. The Kier molecular flexibility index (Phi) is 9.57. The van der Waals surface area contributed by atoms with E-state index in [1.54, 1.807) is 16.1 Å². The van der Waals surface area contributed by atoms with E-state index in [2.05, 4.69) is 35.6 Å². The molecule has 1 atom stereocenters. The number of rotatable bonds is 8. The van der Waals surface area contributed by atoms with Crippen LogP contribution in [0.15, 0.2) is 42.5 Å². The third kappa shape index (κ3) is 7.46. The van der Waals surface area contributed by atoms with Gasteiger partial charge in [0, 0.05) is 41.3 Å². The van der Waals surface area contributed by atoms with Crippen molar-refractivity contribution in [1.29, 1.82) is 0 Å². The molecule has 1 aromatic heterocycles. The molecule has 3 heterocycles. The Hall–Kier alpha value is -2.84. The summed E-state index contributed by atoms with van der Waals surface area (Å²) in [5.41, 5.74) is 3.98. The van der Waals surface area contributed by atoms with Crippen molar-refractivity contribution < 1.29 is 22.7 Å². The molecule has 1 amide bonds. The molecular formula is C32H40ClN3O5S2. The molecule has 8 nitrogen and oxygen atoms in total. The van der Waals surface area contributed by atoms with Gasteiger partial charge in [0.25, 0.3) is 0 Å². The number of fused-ring (bicyclic) bond motifs is 3. The lowest BCUT2D eigenvalue weighted by Gasteiger charge is -2.35. The molecule has 232 valence electrons. The monoisotopic (exact) mass is 645 g/mol. The van der Waals surface area contributed by atoms with Crippen molar-refractivity contribution in [3.63, 3.8) is 0 Å². The molecule has 1 saturated heterocycles. The highest BCUT2D eigenvalue weighted by atomic mass is 35.5. The maximum absolute atomic E-state index is 13.2. The molecule has 2 aromatic carbocycles. The summed E-state index contributed by atoms with van der Waals surface area (Å²) in [5.74, 6) is 7.20. The van der Waals surface area contributed by atoms with Crippen molar-refractivity contribution >= 4 is 48.6 Å². The van der Waals surface area contributed by atoms with Crippen molar-refractivity contribution in [2.24, 2.45) is 0 Å². The molecule has 43 heavy (non-hydrogen) atoms. The van der Waals surface area contributed by atoms with E-state index in [4.69, 9.17) is 21.1 Å². The van der Waals surface area contributed by atoms with Gasteiger partial charge in [0.15, 0.2) is 6.61 Å². The van der Waals surface area contributed by atoms with Crippen LogP contribution in [0.25, 0.3) is 10.9 Å². The molecule has 0 spiro atoms. The van der Waals surface area contributed by atoms with Gasteiger partial charge in [-0.1, -0.05) is 29.7 Å². The number of ether oxygens (including phenoxy) is 2. The van der Waals surface area contributed by atoms with Crippen LogP contribution in [0.1, 0.15) is 42.6 Å². The average molecular weight is 646 g/mol. The molecule has 2 aliphatic rings. The Balaban J connectivity index is 1.31. The maximum atomic E-state index is 13.2. The number of halogens is 1. The fourth-order valence-corrected chi connectivity index (χ4v) is 9.73. The van der Waals surface area contributed by atoms with Gasteiger partial charge < -0.3 is 14.5 Å². The molecule has 1 unspecified atom stereocenters. The van der Waals surface area contributed by atoms with Gasteiger partial charge in [-0.25, -0.2) is 27.5 Å². The normalized spacial score (nSPS) is 18.5. The Bertz CT molecular complexity index is 1630. The summed E-state index contributed by atoms with van der Waals surface area (Å²) in [5, 5.41) is 1.73. The van der Waals surface area contributed by atoms with E-state index in [0.717, 1.165) is 33.5 Å². The number of amides is 1. The van der Waals surface area contributed by atoms with Gasteiger partial charge in [-0.15, -0.1) is 5.92 Å². The number of aromatic amines is 1. The van der Waals surface area contributed by atoms with Crippen molar-refractivity contribution in [2.45, 2.75) is 38.3 Å². The minimum atomic E-state index is -3.25. The van der Waals surface area contributed by atoms with E-state index in [-0.39, 0.29) is 24.5 Å². The fraction of sp³-hybridized carbons (Fsp3) is 0.469. The van der Waals surface area contributed by atoms with E-state index in [1.165, 1.54) is 0 Å². The Labute approximate surface area is 261 Å². The third-order valence-corrected chi connectivity index (χ3v) is 11.8. The number of nitrogens with one attached hydrogen (secondary N) is 1. The molecule has 1 N–H and O–H groups in total.